The summed E-state index contributed by atoms with van der Waals surface area (Å²) in [6, 6.07) is 20.3. The standard InChI is InChI=1S/C27H26N2O2/c1-19-9-12-24-22(18-19)11-10-21-6-5-15-28-26(21)25(24)20-13-16-29(17-14-20)27(30)31-23-7-3-2-4-8-23/h2-9,12,15,18H,10-11,13-14,16-17H2,1H3. The monoisotopic (exact) mass is 410 g/mol. The second-order valence-corrected chi connectivity index (χ2v) is 8.32. The summed E-state index contributed by atoms with van der Waals surface area (Å²) in [4.78, 5) is 19.2. The van der Waals surface area contributed by atoms with Gasteiger partial charge in [0.1, 0.15) is 5.75 Å². The number of likely N-dealkylation sites (tertiary alicyclic amines) is 1. The Labute approximate surface area is 183 Å². The summed E-state index contributed by atoms with van der Waals surface area (Å²) < 4.78 is 5.54. The average molecular weight is 411 g/mol. The minimum absolute atomic E-state index is 0.273. The lowest BCUT2D eigenvalue weighted by Gasteiger charge is -2.29. The third kappa shape index (κ3) is 3.98. The van der Waals surface area contributed by atoms with Crippen molar-refractivity contribution in [2.45, 2.75) is 32.6 Å². The molecule has 1 fully saturated rings. The number of hydrogen-bond acceptors (Lipinski definition) is 3. The molecule has 2 aromatic carbocycles. The molecule has 0 N–H and O–H groups in total. The van der Waals surface area contributed by atoms with Crippen molar-refractivity contribution in [3.05, 3.63) is 100 Å². The van der Waals surface area contributed by atoms with Crippen molar-refractivity contribution < 1.29 is 9.53 Å². The van der Waals surface area contributed by atoms with Gasteiger partial charge in [-0.3, -0.25) is 4.98 Å². The number of hydrogen-bond donors (Lipinski definition) is 0. The van der Waals surface area contributed by atoms with Crippen LogP contribution in [0.2, 0.25) is 0 Å². The smallest absolute Gasteiger partial charge is 0.410 e. The molecule has 4 heteroatoms. The molecule has 0 radical (unpaired) electrons. The van der Waals surface area contributed by atoms with Crippen LogP contribution in [0.3, 0.4) is 0 Å². The number of aromatic nitrogens is 1. The molecule has 1 aliphatic heterocycles. The number of fused-ring (bicyclic) bond motifs is 2. The first kappa shape index (κ1) is 19.6. The third-order valence-corrected chi connectivity index (χ3v) is 6.25. The van der Waals surface area contributed by atoms with Crippen LogP contribution in [0.1, 0.15) is 40.8 Å². The highest BCUT2D eigenvalue weighted by Crippen LogP contribution is 2.38. The number of piperidine rings is 1. The molecule has 5 rings (SSSR count). The Morgan fingerprint density at radius 3 is 2.48 bits per heavy atom. The predicted octanol–water partition coefficient (Wildman–Crippen LogP) is 5.59. The zero-order valence-electron chi connectivity index (χ0n) is 17.8. The van der Waals surface area contributed by atoms with E-state index in [0.29, 0.717) is 18.8 Å². The normalized spacial score (nSPS) is 15.7. The lowest BCUT2D eigenvalue weighted by molar-refractivity contribution is 0.148. The lowest BCUT2D eigenvalue weighted by atomic mass is 9.88. The summed E-state index contributed by atoms with van der Waals surface area (Å²) in [6.45, 7) is 3.47. The first-order valence-electron chi connectivity index (χ1n) is 11.0. The topological polar surface area (TPSA) is 42.4 Å². The number of benzene rings is 2. The molecular weight excluding hydrogens is 384 g/mol. The second-order valence-electron chi connectivity index (χ2n) is 8.32. The zero-order chi connectivity index (χ0) is 21.2. The summed E-state index contributed by atoms with van der Waals surface area (Å²) in [7, 11) is 0. The van der Waals surface area contributed by atoms with Crippen molar-refractivity contribution in [3.63, 3.8) is 0 Å². The van der Waals surface area contributed by atoms with E-state index in [1.165, 1.54) is 33.4 Å². The minimum Gasteiger partial charge on any atom is -0.410 e. The number of aryl methyl sites for hydroxylation is 3. The number of pyridine rings is 1. The van der Waals surface area contributed by atoms with Gasteiger partial charge in [-0.25, -0.2) is 4.79 Å². The highest BCUT2D eigenvalue weighted by atomic mass is 16.6. The van der Waals surface area contributed by atoms with Crippen molar-refractivity contribution in [3.8, 4) is 5.75 Å². The van der Waals surface area contributed by atoms with Gasteiger partial charge in [0.25, 0.3) is 0 Å². The van der Waals surface area contributed by atoms with E-state index < -0.39 is 0 Å². The van der Waals surface area contributed by atoms with E-state index in [1.54, 1.807) is 0 Å². The van der Waals surface area contributed by atoms with Crippen LogP contribution in [0, 0.1) is 6.92 Å². The van der Waals surface area contributed by atoms with E-state index in [-0.39, 0.29) is 6.09 Å². The third-order valence-electron chi connectivity index (χ3n) is 6.25. The largest absolute Gasteiger partial charge is 0.415 e. The number of para-hydroxylation sites is 1. The minimum atomic E-state index is -0.273. The summed E-state index contributed by atoms with van der Waals surface area (Å²) in [6.07, 6.45) is 5.33. The Bertz CT molecular complexity index is 1140. The van der Waals surface area contributed by atoms with E-state index in [0.717, 1.165) is 31.4 Å². The quantitative estimate of drug-likeness (QED) is 0.525. The maximum absolute atomic E-state index is 12.6. The van der Waals surface area contributed by atoms with Crippen molar-refractivity contribution in [1.29, 1.82) is 0 Å². The first-order valence-corrected chi connectivity index (χ1v) is 11.0. The lowest BCUT2D eigenvalue weighted by Crippen LogP contribution is -2.38. The Morgan fingerprint density at radius 2 is 1.68 bits per heavy atom. The van der Waals surface area contributed by atoms with Crippen LogP contribution in [-0.4, -0.2) is 29.1 Å². The van der Waals surface area contributed by atoms with Crippen molar-refractivity contribution in [1.82, 2.24) is 9.88 Å². The van der Waals surface area contributed by atoms with E-state index in [1.807, 2.05) is 47.5 Å². The Balaban J connectivity index is 1.45. The zero-order valence-corrected chi connectivity index (χ0v) is 17.8. The molecule has 2 heterocycles. The van der Waals surface area contributed by atoms with Gasteiger partial charge in [0.05, 0.1) is 5.69 Å². The summed E-state index contributed by atoms with van der Waals surface area (Å²) in [5, 5.41) is 0. The number of amides is 1. The Kier molecular flexibility index (Phi) is 5.29. The second kappa shape index (κ2) is 8.38. The number of rotatable bonds is 1. The molecular formula is C27H26N2O2. The number of ether oxygens (including phenoxy) is 1. The van der Waals surface area contributed by atoms with Gasteiger partial charge in [0.15, 0.2) is 0 Å². The van der Waals surface area contributed by atoms with Crippen LogP contribution >= 0.6 is 0 Å². The van der Waals surface area contributed by atoms with Gasteiger partial charge in [-0.05, 0) is 67.5 Å². The predicted molar refractivity (Wildman–Crippen MR) is 122 cm³/mol. The molecule has 0 saturated carbocycles. The van der Waals surface area contributed by atoms with Crippen molar-refractivity contribution in [2.75, 3.05) is 13.1 Å². The number of carbonyl (C=O) groups excluding carboxylic acids is 1. The van der Waals surface area contributed by atoms with Gasteiger partial charge >= 0.3 is 6.09 Å². The van der Waals surface area contributed by atoms with E-state index in [9.17, 15) is 4.79 Å². The molecule has 1 aliphatic carbocycles. The molecule has 1 saturated heterocycles. The van der Waals surface area contributed by atoms with Gasteiger partial charge in [-0.1, -0.05) is 53.6 Å². The molecule has 156 valence electrons. The van der Waals surface area contributed by atoms with Crippen LogP contribution < -0.4 is 4.74 Å². The fourth-order valence-corrected chi connectivity index (χ4v) is 4.66. The van der Waals surface area contributed by atoms with Crippen LogP contribution in [0.4, 0.5) is 4.79 Å². The molecule has 1 aromatic heterocycles. The average Bonchev–Trinajstić information content (AvgIpc) is 2.96. The van der Waals surface area contributed by atoms with Crippen LogP contribution in [0.15, 0.2) is 72.4 Å². The van der Waals surface area contributed by atoms with E-state index >= 15 is 0 Å². The maximum atomic E-state index is 12.6. The van der Waals surface area contributed by atoms with Crippen LogP contribution in [0.25, 0.3) is 5.57 Å². The van der Waals surface area contributed by atoms with E-state index in [2.05, 4.69) is 31.2 Å². The molecule has 1 amide bonds. The van der Waals surface area contributed by atoms with Gasteiger partial charge < -0.3 is 9.64 Å². The molecule has 0 bridgehead atoms. The molecule has 0 atom stereocenters. The van der Waals surface area contributed by atoms with Gasteiger partial charge in [0, 0.05) is 24.9 Å². The van der Waals surface area contributed by atoms with Gasteiger partial charge in [-0.2, -0.15) is 0 Å². The molecule has 2 aliphatic rings. The molecule has 0 unspecified atom stereocenters. The summed E-state index contributed by atoms with van der Waals surface area (Å²) >= 11 is 0. The fourth-order valence-electron chi connectivity index (χ4n) is 4.66. The Morgan fingerprint density at radius 1 is 0.903 bits per heavy atom. The summed E-state index contributed by atoms with van der Waals surface area (Å²) in [5.74, 6) is 0.586. The van der Waals surface area contributed by atoms with Crippen LogP contribution in [-0.2, 0) is 12.8 Å². The fraction of sp³-hybridized carbons (Fsp3) is 0.259. The summed E-state index contributed by atoms with van der Waals surface area (Å²) in [5.41, 5.74) is 9.07. The van der Waals surface area contributed by atoms with Crippen molar-refractivity contribution in [2.24, 2.45) is 0 Å². The first-order chi connectivity index (χ1) is 15.2. The highest BCUT2D eigenvalue weighted by Gasteiger charge is 2.27. The van der Waals surface area contributed by atoms with Gasteiger partial charge in [-0.15, -0.1) is 0 Å². The highest BCUT2D eigenvalue weighted by molar-refractivity contribution is 5.84. The molecule has 0 spiro atoms. The van der Waals surface area contributed by atoms with E-state index in [4.69, 9.17) is 9.72 Å². The molecule has 3 aromatic rings. The SMILES string of the molecule is Cc1ccc2c(c1)CCc1cccnc1C2=C1CCN(C(=O)Oc2ccccc2)CC1. The van der Waals surface area contributed by atoms with Crippen molar-refractivity contribution >= 4 is 11.7 Å². The number of carbonyl (C=O) groups is 1. The number of nitrogens with zero attached hydrogens (tertiary/aromatic N) is 2. The Hall–Kier alpha value is -3.40. The van der Waals surface area contributed by atoms with Gasteiger partial charge in [0.2, 0.25) is 0 Å². The molecule has 31 heavy (non-hydrogen) atoms. The molecule has 4 nitrogen and oxygen atoms in total. The van der Waals surface area contributed by atoms with Crippen LogP contribution in [0.5, 0.6) is 5.75 Å². The maximum Gasteiger partial charge on any atom is 0.415 e.